The number of hydrogen-bond donors (Lipinski definition) is 1. The molecule has 0 bridgehead atoms. The van der Waals surface area contributed by atoms with Crippen LogP contribution in [0, 0.1) is 0 Å². The Balaban J connectivity index is 2.98. The monoisotopic (exact) mass is 255 g/mol. The zero-order chi connectivity index (χ0) is 13.5. The molecule has 0 amide bonds. The van der Waals surface area contributed by atoms with Crippen molar-refractivity contribution in [3.8, 4) is 0 Å². The molecule has 0 aliphatic heterocycles. The normalized spacial score (nSPS) is 12.8. The van der Waals surface area contributed by atoms with E-state index in [9.17, 15) is 0 Å². The van der Waals surface area contributed by atoms with Gasteiger partial charge in [-0.3, -0.25) is 0 Å². The van der Waals surface area contributed by atoms with Gasteiger partial charge < -0.3 is 5.32 Å². The largest absolute Gasteiger partial charge is 0.314 e. The minimum atomic E-state index is 0.716. The van der Waals surface area contributed by atoms with E-state index in [0.29, 0.717) is 6.04 Å². The Morgan fingerprint density at radius 1 is 0.667 bits per heavy atom. The summed E-state index contributed by atoms with van der Waals surface area (Å²) in [5.41, 5.74) is 0. The van der Waals surface area contributed by atoms with Crippen molar-refractivity contribution in [3.05, 3.63) is 0 Å². The molecule has 1 heteroatoms. The van der Waals surface area contributed by atoms with Crippen molar-refractivity contribution in [1.82, 2.24) is 5.32 Å². The molecule has 0 aromatic rings. The third-order valence-corrected chi connectivity index (χ3v) is 3.74. The fourth-order valence-electron chi connectivity index (χ4n) is 2.50. The van der Waals surface area contributed by atoms with E-state index in [4.69, 9.17) is 0 Å². The van der Waals surface area contributed by atoms with Crippen molar-refractivity contribution in [2.45, 2.75) is 104 Å². The van der Waals surface area contributed by atoms with Crippen LogP contribution in [-0.2, 0) is 0 Å². The van der Waals surface area contributed by atoms with Crippen molar-refractivity contribution >= 4 is 0 Å². The molecule has 0 saturated carbocycles. The van der Waals surface area contributed by atoms with Gasteiger partial charge in [0.15, 0.2) is 0 Å². The number of nitrogens with one attached hydrogen (secondary N) is 1. The van der Waals surface area contributed by atoms with Crippen LogP contribution in [0.4, 0.5) is 0 Å². The SMILES string of the molecule is CCCCCCCCCCCCNC(C)CCC. The second-order valence-electron chi connectivity index (χ2n) is 5.83. The molecule has 0 fully saturated rings. The number of unbranched alkanes of at least 4 members (excludes halogenated alkanes) is 9. The van der Waals surface area contributed by atoms with Crippen LogP contribution in [0.3, 0.4) is 0 Å². The van der Waals surface area contributed by atoms with Gasteiger partial charge in [0.25, 0.3) is 0 Å². The van der Waals surface area contributed by atoms with Gasteiger partial charge in [-0.1, -0.05) is 78.1 Å². The molecule has 1 N–H and O–H groups in total. The smallest absolute Gasteiger partial charge is 0.00386 e. The molecule has 0 heterocycles. The Labute approximate surface area is 116 Å². The second-order valence-corrected chi connectivity index (χ2v) is 5.83. The average molecular weight is 255 g/mol. The van der Waals surface area contributed by atoms with Crippen LogP contribution in [0.1, 0.15) is 97.8 Å². The van der Waals surface area contributed by atoms with Gasteiger partial charge in [0, 0.05) is 6.04 Å². The van der Waals surface area contributed by atoms with E-state index >= 15 is 0 Å². The lowest BCUT2D eigenvalue weighted by molar-refractivity contribution is 0.484. The summed E-state index contributed by atoms with van der Waals surface area (Å²) >= 11 is 0. The van der Waals surface area contributed by atoms with E-state index in [2.05, 4.69) is 26.1 Å². The lowest BCUT2D eigenvalue weighted by Gasteiger charge is -2.12. The highest BCUT2D eigenvalue weighted by Gasteiger charge is 1.98. The zero-order valence-corrected chi connectivity index (χ0v) is 13.3. The standard InChI is InChI=1S/C17H37N/c1-4-6-7-8-9-10-11-12-13-14-16-18-17(3)15-5-2/h17-18H,4-16H2,1-3H3. The predicted octanol–water partition coefficient (Wildman–Crippen LogP) is 5.69. The average Bonchev–Trinajstić information content (AvgIpc) is 2.36. The molecule has 0 radical (unpaired) electrons. The molecular weight excluding hydrogens is 218 g/mol. The Hall–Kier alpha value is -0.0400. The highest BCUT2D eigenvalue weighted by Crippen LogP contribution is 2.10. The van der Waals surface area contributed by atoms with Gasteiger partial charge in [-0.05, 0) is 26.3 Å². The van der Waals surface area contributed by atoms with Crippen LogP contribution in [0.2, 0.25) is 0 Å². The quantitative estimate of drug-likeness (QED) is 0.393. The molecule has 0 aliphatic carbocycles. The third-order valence-electron chi connectivity index (χ3n) is 3.74. The van der Waals surface area contributed by atoms with Crippen molar-refractivity contribution in [2.75, 3.05) is 6.54 Å². The maximum absolute atomic E-state index is 3.61. The van der Waals surface area contributed by atoms with Crippen LogP contribution in [0.15, 0.2) is 0 Å². The summed E-state index contributed by atoms with van der Waals surface area (Å²) in [4.78, 5) is 0. The van der Waals surface area contributed by atoms with Gasteiger partial charge in [-0.2, -0.15) is 0 Å². The van der Waals surface area contributed by atoms with Crippen molar-refractivity contribution in [2.24, 2.45) is 0 Å². The Morgan fingerprint density at radius 2 is 1.17 bits per heavy atom. The summed E-state index contributed by atoms with van der Waals surface area (Å²) in [6.07, 6.45) is 16.9. The Kier molecular flexibility index (Phi) is 15.0. The molecule has 0 spiro atoms. The summed E-state index contributed by atoms with van der Waals surface area (Å²) in [5, 5.41) is 3.61. The molecule has 1 unspecified atom stereocenters. The first-order valence-corrected chi connectivity index (χ1v) is 8.54. The molecule has 18 heavy (non-hydrogen) atoms. The van der Waals surface area contributed by atoms with Gasteiger partial charge in [-0.25, -0.2) is 0 Å². The molecule has 0 aliphatic rings. The van der Waals surface area contributed by atoms with Crippen LogP contribution >= 0.6 is 0 Å². The molecule has 1 atom stereocenters. The van der Waals surface area contributed by atoms with Crippen LogP contribution in [0.25, 0.3) is 0 Å². The van der Waals surface area contributed by atoms with Gasteiger partial charge in [0.1, 0.15) is 0 Å². The van der Waals surface area contributed by atoms with Crippen molar-refractivity contribution in [1.29, 1.82) is 0 Å². The van der Waals surface area contributed by atoms with E-state index in [1.54, 1.807) is 0 Å². The maximum Gasteiger partial charge on any atom is 0.00386 e. The molecule has 1 nitrogen and oxygen atoms in total. The van der Waals surface area contributed by atoms with Crippen molar-refractivity contribution < 1.29 is 0 Å². The van der Waals surface area contributed by atoms with Gasteiger partial charge in [0.2, 0.25) is 0 Å². The predicted molar refractivity (Wildman–Crippen MR) is 84.2 cm³/mol. The molecule has 110 valence electrons. The lowest BCUT2D eigenvalue weighted by atomic mass is 10.1. The minimum absolute atomic E-state index is 0.716. The van der Waals surface area contributed by atoms with E-state index in [0.717, 1.165) is 0 Å². The summed E-state index contributed by atoms with van der Waals surface area (Å²) in [5.74, 6) is 0. The summed E-state index contributed by atoms with van der Waals surface area (Å²) in [7, 11) is 0. The third kappa shape index (κ3) is 14.0. The van der Waals surface area contributed by atoms with Crippen LogP contribution in [-0.4, -0.2) is 12.6 Å². The van der Waals surface area contributed by atoms with Gasteiger partial charge in [0.05, 0.1) is 0 Å². The van der Waals surface area contributed by atoms with Crippen LogP contribution < -0.4 is 5.32 Å². The molecular formula is C17H37N. The van der Waals surface area contributed by atoms with Gasteiger partial charge >= 0.3 is 0 Å². The fourth-order valence-corrected chi connectivity index (χ4v) is 2.50. The molecule has 0 aromatic heterocycles. The highest BCUT2D eigenvalue weighted by atomic mass is 14.9. The molecule has 0 saturated heterocycles. The minimum Gasteiger partial charge on any atom is -0.314 e. The lowest BCUT2D eigenvalue weighted by Crippen LogP contribution is -2.26. The topological polar surface area (TPSA) is 12.0 Å². The highest BCUT2D eigenvalue weighted by molar-refractivity contribution is 4.59. The second kappa shape index (κ2) is 15.0. The Morgan fingerprint density at radius 3 is 1.67 bits per heavy atom. The van der Waals surface area contributed by atoms with E-state index in [1.165, 1.54) is 83.6 Å². The first-order chi connectivity index (χ1) is 8.81. The first-order valence-electron chi connectivity index (χ1n) is 8.54. The van der Waals surface area contributed by atoms with Crippen LogP contribution in [0.5, 0.6) is 0 Å². The number of rotatable bonds is 14. The Bertz CT molecular complexity index is 145. The summed E-state index contributed by atoms with van der Waals surface area (Å²) in [6, 6.07) is 0.716. The number of hydrogen-bond acceptors (Lipinski definition) is 1. The van der Waals surface area contributed by atoms with E-state index in [-0.39, 0.29) is 0 Å². The molecule has 0 rings (SSSR count). The van der Waals surface area contributed by atoms with Gasteiger partial charge in [-0.15, -0.1) is 0 Å². The van der Waals surface area contributed by atoms with E-state index in [1.807, 2.05) is 0 Å². The first kappa shape index (κ1) is 18.0. The van der Waals surface area contributed by atoms with E-state index < -0.39 is 0 Å². The summed E-state index contributed by atoms with van der Waals surface area (Å²) < 4.78 is 0. The summed E-state index contributed by atoms with van der Waals surface area (Å²) in [6.45, 7) is 8.07. The maximum atomic E-state index is 3.61. The zero-order valence-electron chi connectivity index (χ0n) is 13.3. The molecule has 0 aromatic carbocycles. The van der Waals surface area contributed by atoms with Crippen molar-refractivity contribution in [3.63, 3.8) is 0 Å². The fraction of sp³-hybridized carbons (Fsp3) is 1.00.